The summed E-state index contributed by atoms with van der Waals surface area (Å²) in [4.78, 5) is 2.46. The molecule has 0 aliphatic carbocycles. The molecule has 0 atom stereocenters. The summed E-state index contributed by atoms with van der Waals surface area (Å²) in [6, 6.07) is 16.9. The van der Waals surface area contributed by atoms with Crippen molar-refractivity contribution in [2.45, 2.75) is 37.5 Å². The Morgan fingerprint density at radius 3 is 2.47 bits per heavy atom. The molecule has 0 bridgehead atoms. The van der Waals surface area contributed by atoms with Gasteiger partial charge in [0, 0.05) is 5.75 Å². The number of benzene rings is 2. The minimum Gasteiger partial charge on any atom is -0.490 e. The smallest absolute Gasteiger partial charge is 0.191 e. The number of halogens is 1. The van der Waals surface area contributed by atoms with Crippen molar-refractivity contribution in [2.24, 2.45) is 0 Å². The van der Waals surface area contributed by atoms with Gasteiger partial charge in [0.2, 0.25) is 0 Å². The molecular formula is C23H27FN4OS. The summed E-state index contributed by atoms with van der Waals surface area (Å²) in [5.74, 6) is 1.62. The molecule has 1 aliphatic heterocycles. The van der Waals surface area contributed by atoms with Gasteiger partial charge in [-0.2, -0.15) is 0 Å². The monoisotopic (exact) mass is 426 g/mol. The van der Waals surface area contributed by atoms with Gasteiger partial charge in [-0.3, -0.25) is 4.90 Å². The van der Waals surface area contributed by atoms with Crippen LogP contribution in [0.4, 0.5) is 4.39 Å². The van der Waals surface area contributed by atoms with E-state index in [1.54, 1.807) is 30.0 Å². The van der Waals surface area contributed by atoms with Crippen molar-refractivity contribution in [1.29, 1.82) is 0 Å². The van der Waals surface area contributed by atoms with Crippen molar-refractivity contribution in [3.8, 4) is 5.75 Å². The zero-order chi connectivity index (χ0) is 20.6. The fourth-order valence-electron chi connectivity index (χ4n) is 3.63. The van der Waals surface area contributed by atoms with Gasteiger partial charge in [-0.15, -0.1) is 10.2 Å². The van der Waals surface area contributed by atoms with Gasteiger partial charge in [0.05, 0.1) is 19.7 Å². The van der Waals surface area contributed by atoms with Crippen LogP contribution in [-0.2, 0) is 13.1 Å². The van der Waals surface area contributed by atoms with Gasteiger partial charge in [0.1, 0.15) is 5.82 Å². The quantitative estimate of drug-likeness (QED) is 0.369. The lowest BCUT2D eigenvalue weighted by atomic mass is 10.1. The molecule has 1 saturated heterocycles. The molecule has 1 aliphatic rings. The third-order valence-electron chi connectivity index (χ3n) is 5.20. The van der Waals surface area contributed by atoms with Crippen molar-refractivity contribution in [3.05, 3.63) is 71.8 Å². The van der Waals surface area contributed by atoms with Crippen LogP contribution in [0.5, 0.6) is 5.75 Å². The lowest BCUT2D eigenvalue weighted by molar-refractivity contribution is 0.213. The van der Waals surface area contributed by atoms with Crippen LogP contribution in [-0.4, -0.2) is 45.1 Å². The third kappa shape index (κ3) is 5.61. The highest BCUT2D eigenvalue weighted by Gasteiger charge is 2.18. The van der Waals surface area contributed by atoms with E-state index in [-0.39, 0.29) is 11.6 Å². The number of hydrogen-bond donors (Lipinski definition) is 0. The SMILES string of the molecule is Fc1ccccc1OCCSc1nnc(CN2CCCCC2)n1Cc1ccccc1. The number of nitrogens with zero attached hydrogens (tertiary/aromatic N) is 4. The molecule has 0 unspecified atom stereocenters. The highest BCUT2D eigenvalue weighted by atomic mass is 32.2. The summed E-state index contributed by atoms with van der Waals surface area (Å²) in [6.07, 6.45) is 3.82. The van der Waals surface area contributed by atoms with Gasteiger partial charge in [0.25, 0.3) is 0 Å². The Bertz CT molecular complexity index is 928. The van der Waals surface area contributed by atoms with Gasteiger partial charge in [-0.1, -0.05) is 60.6 Å². The molecule has 1 fully saturated rings. The van der Waals surface area contributed by atoms with E-state index in [4.69, 9.17) is 4.74 Å². The molecule has 30 heavy (non-hydrogen) atoms. The molecule has 1 aromatic heterocycles. The summed E-state index contributed by atoms with van der Waals surface area (Å²) in [7, 11) is 0. The normalized spacial score (nSPS) is 14.7. The standard InChI is InChI=1S/C23H27FN4OS/c24-20-11-5-6-12-21(20)29-15-16-30-23-26-25-22(18-27-13-7-2-8-14-27)28(23)17-19-9-3-1-4-10-19/h1,3-6,9-12H,2,7-8,13-18H2. The predicted octanol–water partition coefficient (Wildman–Crippen LogP) is 4.62. The van der Waals surface area contributed by atoms with Gasteiger partial charge in [0.15, 0.2) is 16.7 Å². The molecule has 5 nitrogen and oxygen atoms in total. The highest BCUT2D eigenvalue weighted by molar-refractivity contribution is 7.99. The fourth-order valence-corrected chi connectivity index (χ4v) is 4.40. The molecule has 2 heterocycles. The Kier molecular flexibility index (Phi) is 7.37. The maximum absolute atomic E-state index is 13.7. The molecule has 0 spiro atoms. The van der Waals surface area contributed by atoms with Crippen LogP contribution in [0.3, 0.4) is 0 Å². The molecular weight excluding hydrogens is 399 g/mol. The first-order valence-electron chi connectivity index (χ1n) is 10.5. The van der Waals surface area contributed by atoms with Crippen LogP contribution in [0.25, 0.3) is 0 Å². The van der Waals surface area contributed by atoms with E-state index >= 15 is 0 Å². The maximum Gasteiger partial charge on any atom is 0.191 e. The molecule has 2 aromatic carbocycles. The predicted molar refractivity (Wildman–Crippen MR) is 117 cm³/mol. The minimum atomic E-state index is -0.335. The van der Waals surface area contributed by atoms with Crippen molar-refractivity contribution >= 4 is 11.8 Å². The number of hydrogen-bond acceptors (Lipinski definition) is 5. The number of likely N-dealkylation sites (tertiary alicyclic amines) is 1. The van der Waals surface area contributed by atoms with Crippen molar-refractivity contribution < 1.29 is 9.13 Å². The fraction of sp³-hybridized carbons (Fsp3) is 0.391. The van der Waals surface area contributed by atoms with E-state index in [2.05, 4.69) is 43.9 Å². The highest BCUT2D eigenvalue weighted by Crippen LogP contribution is 2.22. The van der Waals surface area contributed by atoms with E-state index < -0.39 is 0 Å². The van der Waals surface area contributed by atoms with Crippen LogP contribution in [0, 0.1) is 5.82 Å². The maximum atomic E-state index is 13.7. The van der Waals surface area contributed by atoms with Crippen molar-refractivity contribution in [2.75, 3.05) is 25.4 Å². The zero-order valence-corrected chi connectivity index (χ0v) is 17.9. The first-order valence-corrected chi connectivity index (χ1v) is 11.5. The largest absolute Gasteiger partial charge is 0.490 e. The zero-order valence-electron chi connectivity index (χ0n) is 17.0. The first-order chi connectivity index (χ1) is 14.8. The van der Waals surface area contributed by atoms with Gasteiger partial charge in [-0.25, -0.2) is 4.39 Å². The Hall–Kier alpha value is -2.38. The molecule has 0 N–H and O–H groups in total. The number of para-hydroxylation sites is 1. The number of rotatable bonds is 9. The van der Waals surface area contributed by atoms with Crippen LogP contribution in [0.1, 0.15) is 30.7 Å². The van der Waals surface area contributed by atoms with E-state index in [0.717, 1.165) is 37.2 Å². The molecule has 4 rings (SSSR count). The molecule has 0 amide bonds. The summed E-state index contributed by atoms with van der Waals surface area (Å²) < 4.78 is 21.5. The summed E-state index contributed by atoms with van der Waals surface area (Å²) >= 11 is 1.60. The first kappa shape index (κ1) is 20.9. The number of aromatic nitrogens is 3. The van der Waals surface area contributed by atoms with Crippen LogP contribution < -0.4 is 4.74 Å². The molecule has 0 radical (unpaired) electrons. The van der Waals surface area contributed by atoms with E-state index in [0.29, 0.717) is 12.4 Å². The number of thioether (sulfide) groups is 1. The van der Waals surface area contributed by atoms with E-state index in [9.17, 15) is 4.39 Å². The Morgan fingerprint density at radius 2 is 1.67 bits per heavy atom. The second kappa shape index (κ2) is 10.6. The number of ether oxygens (including phenoxy) is 1. The van der Waals surface area contributed by atoms with Gasteiger partial charge in [-0.05, 0) is 43.6 Å². The van der Waals surface area contributed by atoms with Crippen LogP contribution in [0.15, 0.2) is 59.8 Å². The van der Waals surface area contributed by atoms with Crippen LogP contribution in [0.2, 0.25) is 0 Å². The van der Waals surface area contributed by atoms with Gasteiger partial charge < -0.3 is 9.30 Å². The van der Waals surface area contributed by atoms with E-state index in [1.807, 2.05) is 6.07 Å². The van der Waals surface area contributed by atoms with Crippen molar-refractivity contribution in [3.63, 3.8) is 0 Å². The minimum absolute atomic E-state index is 0.287. The summed E-state index contributed by atoms with van der Waals surface area (Å²) in [5, 5.41) is 9.84. The Labute approximate surface area is 181 Å². The topological polar surface area (TPSA) is 43.2 Å². The average Bonchev–Trinajstić information content (AvgIpc) is 3.15. The summed E-state index contributed by atoms with van der Waals surface area (Å²) in [5.41, 5.74) is 1.22. The lowest BCUT2D eigenvalue weighted by Gasteiger charge is -2.26. The van der Waals surface area contributed by atoms with Crippen LogP contribution >= 0.6 is 11.8 Å². The Morgan fingerprint density at radius 1 is 0.900 bits per heavy atom. The number of piperidine rings is 1. The second-order valence-electron chi connectivity index (χ2n) is 7.43. The lowest BCUT2D eigenvalue weighted by Crippen LogP contribution is -2.30. The van der Waals surface area contributed by atoms with E-state index in [1.165, 1.54) is 30.9 Å². The molecule has 158 valence electrons. The third-order valence-corrected chi connectivity index (χ3v) is 6.13. The second-order valence-corrected chi connectivity index (χ2v) is 8.50. The Balaban J connectivity index is 1.42. The average molecular weight is 427 g/mol. The summed E-state index contributed by atoms with van der Waals surface area (Å²) in [6.45, 7) is 4.22. The van der Waals surface area contributed by atoms with Gasteiger partial charge >= 0.3 is 0 Å². The molecule has 7 heteroatoms. The molecule has 0 saturated carbocycles. The van der Waals surface area contributed by atoms with Crippen molar-refractivity contribution in [1.82, 2.24) is 19.7 Å². The molecule has 3 aromatic rings.